The quantitative estimate of drug-likeness (QED) is 0.752. The van der Waals surface area contributed by atoms with Gasteiger partial charge in [0.1, 0.15) is 5.76 Å². The van der Waals surface area contributed by atoms with Gasteiger partial charge in [-0.1, -0.05) is 12.1 Å². The van der Waals surface area contributed by atoms with Gasteiger partial charge in [0, 0.05) is 24.9 Å². The van der Waals surface area contributed by atoms with Gasteiger partial charge in [0.2, 0.25) is 0 Å². The Bertz CT molecular complexity index is 776. The van der Waals surface area contributed by atoms with E-state index in [9.17, 15) is 18.0 Å². The van der Waals surface area contributed by atoms with Crippen molar-refractivity contribution in [1.29, 1.82) is 0 Å². The number of nitrogens with one attached hydrogen (secondary N) is 2. The first-order chi connectivity index (χ1) is 12.2. The highest BCUT2D eigenvalue weighted by Crippen LogP contribution is 2.35. The fourth-order valence-corrected chi connectivity index (χ4v) is 2.83. The van der Waals surface area contributed by atoms with Crippen LogP contribution in [0.4, 0.5) is 13.2 Å². The summed E-state index contributed by atoms with van der Waals surface area (Å²) in [6.45, 7) is 1.80. The van der Waals surface area contributed by atoms with Crippen molar-refractivity contribution in [2.24, 2.45) is 0 Å². The number of rotatable bonds is 2. The highest BCUT2D eigenvalue weighted by Gasteiger charge is 2.31. The molecule has 142 valence electrons. The molecule has 2 heterocycles. The molecular weight excluding hydrogens is 353 g/mol. The van der Waals surface area contributed by atoms with E-state index in [1.54, 1.807) is 0 Å². The monoisotopic (exact) mass is 372 g/mol. The number of alkyl halides is 3. The molecule has 2 aromatic rings. The minimum absolute atomic E-state index is 0.0544. The molecule has 1 aromatic carbocycles. The van der Waals surface area contributed by atoms with Gasteiger partial charge < -0.3 is 14.9 Å². The summed E-state index contributed by atoms with van der Waals surface area (Å²) >= 11 is 0. The minimum atomic E-state index is -4.32. The lowest BCUT2D eigenvalue weighted by Crippen LogP contribution is -2.30. The third-order valence-electron chi connectivity index (χ3n) is 3.99. The van der Waals surface area contributed by atoms with Crippen molar-refractivity contribution < 1.29 is 27.6 Å². The van der Waals surface area contributed by atoms with Crippen LogP contribution in [0.25, 0.3) is 0 Å². The van der Waals surface area contributed by atoms with E-state index in [2.05, 4.69) is 10.5 Å². The second kappa shape index (κ2) is 8.22. The Morgan fingerprint density at radius 2 is 1.88 bits per heavy atom. The zero-order chi connectivity index (χ0) is 19.3. The van der Waals surface area contributed by atoms with Gasteiger partial charge in [0.05, 0.1) is 5.56 Å². The van der Waals surface area contributed by atoms with Crippen LogP contribution in [-0.2, 0) is 11.0 Å². The number of aromatic amines is 1. The number of H-pyrrole nitrogens is 1. The van der Waals surface area contributed by atoms with Crippen molar-refractivity contribution >= 4 is 5.97 Å². The summed E-state index contributed by atoms with van der Waals surface area (Å²) in [4.78, 5) is 20.1. The molecule has 3 rings (SSSR count). The van der Waals surface area contributed by atoms with Crippen LogP contribution in [0.2, 0.25) is 0 Å². The van der Waals surface area contributed by atoms with E-state index >= 15 is 0 Å². The van der Waals surface area contributed by atoms with Gasteiger partial charge in [-0.3, -0.25) is 9.59 Å². The van der Waals surface area contributed by atoms with Crippen LogP contribution in [0.15, 0.2) is 39.6 Å². The number of hydrogen-bond donors (Lipinski definition) is 3. The number of aliphatic carboxylic acids is 1. The molecule has 0 amide bonds. The number of hydrogen-bond acceptors (Lipinski definition) is 4. The minimum Gasteiger partial charge on any atom is -0.481 e. The molecule has 0 unspecified atom stereocenters. The van der Waals surface area contributed by atoms with Gasteiger partial charge >= 0.3 is 6.18 Å². The van der Waals surface area contributed by atoms with Crippen LogP contribution in [0, 0.1) is 0 Å². The number of aromatic nitrogens is 1. The number of carbonyl (C=O) groups is 1. The van der Waals surface area contributed by atoms with Crippen molar-refractivity contribution in [3.05, 3.63) is 57.6 Å². The van der Waals surface area contributed by atoms with Gasteiger partial charge in [0.25, 0.3) is 11.5 Å². The van der Waals surface area contributed by atoms with Crippen molar-refractivity contribution in [2.75, 3.05) is 6.54 Å². The van der Waals surface area contributed by atoms with E-state index in [1.807, 2.05) is 0 Å². The third-order valence-corrected chi connectivity index (χ3v) is 3.99. The maximum Gasteiger partial charge on any atom is 0.416 e. The molecule has 3 N–H and O–H groups in total. The molecule has 1 saturated heterocycles. The topological polar surface area (TPSA) is 95.3 Å². The van der Waals surface area contributed by atoms with Crippen LogP contribution >= 0.6 is 0 Å². The summed E-state index contributed by atoms with van der Waals surface area (Å²) in [6, 6.07) is 6.56. The van der Waals surface area contributed by atoms with Gasteiger partial charge in [-0.2, -0.15) is 18.3 Å². The summed E-state index contributed by atoms with van der Waals surface area (Å²) in [7, 11) is 0. The van der Waals surface area contributed by atoms with Gasteiger partial charge in [0.15, 0.2) is 0 Å². The molecule has 0 radical (unpaired) electrons. The molecule has 0 saturated carbocycles. The predicted octanol–water partition coefficient (Wildman–Crippen LogP) is 3.29. The van der Waals surface area contributed by atoms with E-state index < -0.39 is 17.7 Å². The fourth-order valence-electron chi connectivity index (χ4n) is 2.83. The maximum atomic E-state index is 12.6. The molecule has 1 aliphatic rings. The van der Waals surface area contributed by atoms with E-state index in [0.29, 0.717) is 18.7 Å². The number of halogens is 3. The molecular formula is C17H19F3N2O4. The highest BCUT2D eigenvalue weighted by molar-refractivity contribution is 5.62. The normalized spacial score (nSPS) is 20.2. The summed E-state index contributed by atoms with van der Waals surface area (Å²) < 4.78 is 42.9. The summed E-state index contributed by atoms with van der Waals surface area (Å²) in [5.74, 6) is -0.157. The molecule has 9 heteroatoms. The average Bonchev–Trinajstić information content (AvgIpc) is 3.00. The average molecular weight is 372 g/mol. The zero-order valence-corrected chi connectivity index (χ0v) is 14.0. The molecule has 6 nitrogen and oxygen atoms in total. The summed E-state index contributed by atoms with van der Waals surface area (Å²) in [5.41, 5.74) is -0.129. The smallest absolute Gasteiger partial charge is 0.416 e. The van der Waals surface area contributed by atoms with Crippen molar-refractivity contribution in [3.63, 3.8) is 0 Å². The molecule has 0 bridgehead atoms. The lowest BCUT2D eigenvalue weighted by Gasteiger charge is -2.29. The second-order valence-corrected chi connectivity index (χ2v) is 5.98. The number of benzene rings is 1. The van der Waals surface area contributed by atoms with E-state index in [4.69, 9.17) is 14.4 Å². The number of carboxylic acids is 1. The van der Waals surface area contributed by atoms with E-state index in [1.165, 1.54) is 18.2 Å². The molecule has 1 fully saturated rings. The molecule has 2 atom stereocenters. The Hall–Kier alpha value is -2.55. The van der Waals surface area contributed by atoms with Crippen molar-refractivity contribution in [2.45, 2.75) is 37.9 Å². The van der Waals surface area contributed by atoms with E-state index in [0.717, 1.165) is 31.0 Å². The number of piperidine rings is 1. The molecule has 0 aliphatic carbocycles. The first-order valence-corrected chi connectivity index (χ1v) is 7.95. The number of carboxylic acid groups (broad SMARTS) is 1. The Morgan fingerprint density at radius 3 is 2.38 bits per heavy atom. The molecule has 1 aliphatic heterocycles. The Morgan fingerprint density at radius 1 is 1.27 bits per heavy atom. The lowest BCUT2D eigenvalue weighted by atomic mass is 9.87. The maximum absolute atomic E-state index is 12.6. The molecule has 26 heavy (non-hydrogen) atoms. The third kappa shape index (κ3) is 5.48. The van der Waals surface area contributed by atoms with Crippen LogP contribution in [0.3, 0.4) is 0 Å². The molecule has 1 aromatic heterocycles. The van der Waals surface area contributed by atoms with Crippen LogP contribution in [-0.4, -0.2) is 22.8 Å². The SMILES string of the molecule is CC(=O)O.O=c1cc([C@H]2CCN[C@@H](c3ccc(C(F)(F)F)cc3)C2)o[nH]1. The first-order valence-electron chi connectivity index (χ1n) is 7.95. The summed E-state index contributed by atoms with van der Waals surface area (Å²) in [6.07, 6.45) is -2.83. The van der Waals surface area contributed by atoms with Crippen LogP contribution in [0.5, 0.6) is 0 Å². The molecule has 0 spiro atoms. The Labute approximate surface area is 147 Å². The Kier molecular flexibility index (Phi) is 6.25. The van der Waals surface area contributed by atoms with Gasteiger partial charge in [-0.05, 0) is 37.1 Å². The van der Waals surface area contributed by atoms with Crippen molar-refractivity contribution in [3.8, 4) is 0 Å². The fraction of sp³-hybridized carbons (Fsp3) is 0.412. The second-order valence-electron chi connectivity index (χ2n) is 5.98. The van der Waals surface area contributed by atoms with Gasteiger partial charge in [-0.25, -0.2) is 0 Å². The highest BCUT2D eigenvalue weighted by atomic mass is 19.4. The first kappa shape index (κ1) is 19.8. The van der Waals surface area contributed by atoms with E-state index in [-0.39, 0.29) is 17.5 Å². The summed E-state index contributed by atoms with van der Waals surface area (Å²) in [5, 5.41) is 13.0. The van der Waals surface area contributed by atoms with Crippen molar-refractivity contribution in [1.82, 2.24) is 10.5 Å². The Balaban J connectivity index is 0.000000552. The standard InChI is InChI=1S/C15H15F3N2O2.C2H4O2/c16-15(17,18)11-3-1-9(2-4-11)12-7-10(5-6-19-12)13-8-14(21)20-22-13;1-2(3)4/h1-4,8,10,12,19H,5-7H2,(H,20,21);1H3,(H,3,4)/t10-,12+;/m0./s1. The van der Waals surface area contributed by atoms with Crippen LogP contribution < -0.4 is 10.9 Å². The van der Waals surface area contributed by atoms with Crippen LogP contribution in [0.1, 0.15) is 48.6 Å². The lowest BCUT2D eigenvalue weighted by molar-refractivity contribution is -0.137. The predicted molar refractivity (Wildman–Crippen MR) is 86.8 cm³/mol. The van der Waals surface area contributed by atoms with Gasteiger partial charge in [-0.15, -0.1) is 0 Å². The largest absolute Gasteiger partial charge is 0.481 e. The zero-order valence-electron chi connectivity index (χ0n) is 14.0.